The summed E-state index contributed by atoms with van der Waals surface area (Å²) < 4.78 is 30.2. The number of nitrogen functional groups attached to an aromatic ring is 1. The molecule has 178 valence electrons. The van der Waals surface area contributed by atoms with E-state index in [1.165, 1.54) is 5.56 Å². The number of rotatable bonds is 10. The molecular weight excluding hydrogens is 454 g/mol. The molecule has 7 nitrogen and oxygen atoms in total. The molecule has 2 aromatic heterocycles. The van der Waals surface area contributed by atoms with Crippen LogP contribution in [0.2, 0.25) is 0 Å². The lowest BCUT2D eigenvalue weighted by molar-refractivity contribution is 0.564. The van der Waals surface area contributed by atoms with Crippen LogP contribution in [-0.4, -0.2) is 34.4 Å². The van der Waals surface area contributed by atoms with Crippen molar-refractivity contribution >= 4 is 44.0 Å². The van der Waals surface area contributed by atoms with Gasteiger partial charge in [0, 0.05) is 36.5 Å². The van der Waals surface area contributed by atoms with Crippen LogP contribution in [0.15, 0.2) is 23.1 Å². The van der Waals surface area contributed by atoms with Gasteiger partial charge in [-0.2, -0.15) is 0 Å². The quantitative estimate of drug-likeness (QED) is 0.386. The normalized spacial score (nSPS) is 16.3. The predicted octanol–water partition coefficient (Wildman–Crippen LogP) is 4.15. The molecule has 0 fully saturated rings. The Labute approximate surface area is 201 Å². The van der Waals surface area contributed by atoms with Crippen LogP contribution in [-0.2, 0) is 35.8 Å². The lowest BCUT2D eigenvalue weighted by atomic mass is 9.95. The summed E-state index contributed by atoms with van der Waals surface area (Å²) in [6, 6.07) is 0. The molecule has 2 aliphatic carbocycles. The van der Waals surface area contributed by atoms with Crippen molar-refractivity contribution in [1.29, 1.82) is 0 Å². The van der Waals surface area contributed by atoms with E-state index in [4.69, 9.17) is 22.9 Å². The fraction of sp³-hybridized carbons (Fsp3) is 0.542. The zero-order valence-corrected chi connectivity index (χ0v) is 20.9. The molecule has 2 aromatic rings. The second kappa shape index (κ2) is 10.4. The van der Waals surface area contributed by atoms with E-state index < -0.39 is 10.0 Å². The smallest absolute Gasteiger partial charge is 0.241 e. The van der Waals surface area contributed by atoms with Crippen molar-refractivity contribution in [2.45, 2.75) is 77.7 Å². The number of anilines is 1. The van der Waals surface area contributed by atoms with Crippen LogP contribution in [0, 0.1) is 0 Å². The van der Waals surface area contributed by atoms with Crippen LogP contribution >= 0.6 is 12.2 Å². The number of pyridine rings is 1. The first kappa shape index (κ1) is 24.0. The third-order valence-corrected chi connectivity index (χ3v) is 8.44. The Morgan fingerprint density at radius 2 is 2.00 bits per heavy atom. The number of sulfonamides is 1. The minimum Gasteiger partial charge on any atom is -0.382 e. The molecule has 0 atom stereocenters. The maximum Gasteiger partial charge on any atom is 0.241 e. The van der Waals surface area contributed by atoms with Crippen molar-refractivity contribution in [3.05, 3.63) is 40.2 Å². The molecule has 0 radical (unpaired) electrons. The van der Waals surface area contributed by atoms with Gasteiger partial charge in [-0.1, -0.05) is 37.7 Å². The van der Waals surface area contributed by atoms with Crippen LogP contribution in [0.3, 0.4) is 0 Å². The van der Waals surface area contributed by atoms with Crippen LogP contribution in [0.25, 0.3) is 11.0 Å². The molecule has 0 spiro atoms. The topological polar surface area (TPSA) is 103 Å². The van der Waals surface area contributed by atoms with E-state index in [2.05, 4.69) is 21.2 Å². The summed E-state index contributed by atoms with van der Waals surface area (Å²) in [6.07, 6.45) is 14.6. The number of nitrogens with two attached hydrogens (primary N) is 1. The van der Waals surface area contributed by atoms with Crippen molar-refractivity contribution < 1.29 is 8.42 Å². The molecule has 2 aliphatic rings. The van der Waals surface area contributed by atoms with Gasteiger partial charge < -0.3 is 10.3 Å². The lowest BCUT2D eigenvalue weighted by Gasteiger charge is -2.18. The molecule has 0 saturated heterocycles. The van der Waals surface area contributed by atoms with Crippen LogP contribution in [0.4, 0.5) is 5.82 Å². The monoisotopic (exact) mass is 487 g/mol. The Hall–Kier alpha value is -2.10. The van der Waals surface area contributed by atoms with E-state index in [0.717, 1.165) is 86.9 Å². The van der Waals surface area contributed by atoms with E-state index in [-0.39, 0.29) is 4.91 Å². The van der Waals surface area contributed by atoms with Crippen LogP contribution < -0.4 is 10.5 Å². The number of aromatic nitrogens is 3. The highest BCUT2D eigenvalue weighted by Crippen LogP contribution is 2.32. The maximum atomic E-state index is 12.6. The van der Waals surface area contributed by atoms with Crippen molar-refractivity contribution in [3.8, 4) is 0 Å². The Morgan fingerprint density at radius 3 is 2.79 bits per heavy atom. The van der Waals surface area contributed by atoms with E-state index in [0.29, 0.717) is 23.6 Å². The number of fused-ring (bicyclic) bond motifs is 3. The van der Waals surface area contributed by atoms with Gasteiger partial charge in [-0.05, 0) is 56.6 Å². The minimum absolute atomic E-state index is 0.219. The Morgan fingerprint density at radius 1 is 1.18 bits per heavy atom. The average molecular weight is 488 g/mol. The van der Waals surface area contributed by atoms with Gasteiger partial charge in [0.05, 0.1) is 10.4 Å². The SMILES string of the molecule is CCCCc1nc2c(N)nc3c(c2n1CCCCNS(=O)(=O)C1=CC=CCC1=S)CCCC3. The van der Waals surface area contributed by atoms with Gasteiger partial charge in [-0.25, -0.2) is 23.1 Å². The Balaban J connectivity index is 1.48. The lowest BCUT2D eigenvalue weighted by Crippen LogP contribution is -2.29. The van der Waals surface area contributed by atoms with Gasteiger partial charge in [0.25, 0.3) is 0 Å². The second-order valence-electron chi connectivity index (χ2n) is 8.80. The maximum absolute atomic E-state index is 12.6. The molecule has 33 heavy (non-hydrogen) atoms. The fourth-order valence-electron chi connectivity index (χ4n) is 4.66. The third-order valence-electron chi connectivity index (χ3n) is 6.38. The molecule has 9 heteroatoms. The highest BCUT2D eigenvalue weighted by molar-refractivity contribution is 7.96. The van der Waals surface area contributed by atoms with Gasteiger partial charge in [-0.15, -0.1) is 0 Å². The van der Waals surface area contributed by atoms with Gasteiger partial charge in [-0.3, -0.25) is 0 Å². The predicted molar refractivity (Wildman–Crippen MR) is 138 cm³/mol. The molecule has 0 aliphatic heterocycles. The highest BCUT2D eigenvalue weighted by atomic mass is 32.2. The Bertz CT molecular complexity index is 1210. The van der Waals surface area contributed by atoms with E-state index in [9.17, 15) is 8.42 Å². The van der Waals surface area contributed by atoms with Gasteiger partial charge in [0.15, 0.2) is 5.82 Å². The molecule has 0 aromatic carbocycles. The first-order chi connectivity index (χ1) is 15.9. The van der Waals surface area contributed by atoms with E-state index in [1.807, 2.05) is 6.08 Å². The van der Waals surface area contributed by atoms with E-state index >= 15 is 0 Å². The molecule has 4 rings (SSSR count). The van der Waals surface area contributed by atoms with Crippen LogP contribution in [0.5, 0.6) is 0 Å². The molecule has 0 bridgehead atoms. The number of imidazole rings is 1. The molecule has 0 unspecified atom stereocenters. The number of nitrogens with one attached hydrogen (secondary N) is 1. The number of aryl methyl sites for hydroxylation is 4. The zero-order valence-electron chi connectivity index (χ0n) is 19.3. The zero-order chi connectivity index (χ0) is 23.4. The summed E-state index contributed by atoms with van der Waals surface area (Å²) in [4.78, 5) is 10.3. The number of thiocarbonyl (C=S) groups is 1. The van der Waals surface area contributed by atoms with Crippen LogP contribution in [0.1, 0.15) is 69.0 Å². The van der Waals surface area contributed by atoms with Crippen molar-refractivity contribution in [2.75, 3.05) is 12.3 Å². The van der Waals surface area contributed by atoms with Crippen molar-refractivity contribution in [3.63, 3.8) is 0 Å². The third kappa shape index (κ3) is 5.20. The van der Waals surface area contributed by atoms with Gasteiger partial charge >= 0.3 is 0 Å². The number of unbranched alkanes of at least 4 members (excludes halogenated alkanes) is 2. The minimum atomic E-state index is -3.56. The summed E-state index contributed by atoms with van der Waals surface area (Å²) in [5.74, 6) is 1.59. The van der Waals surface area contributed by atoms with E-state index in [1.54, 1.807) is 12.2 Å². The summed E-state index contributed by atoms with van der Waals surface area (Å²) in [5, 5.41) is 0. The standard InChI is InChI=1S/C24H33N5O2S2/c1-2-3-14-21-28-22-23(17-10-4-5-11-18(17)27-24(22)25)29(21)16-9-8-15-26-33(30,31)20-13-7-6-12-19(20)32/h6-7,13,26H,2-5,8-12,14-16H2,1H3,(H2,25,27). The number of nitrogens with zero attached hydrogens (tertiary/aromatic N) is 3. The number of hydrogen-bond acceptors (Lipinski definition) is 6. The van der Waals surface area contributed by atoms with Crippen molar-refractivity contribution in [1.82, 2.24) is 19.3 Å². The number of hydrogen-bond donors (Lipinski definition) is 2. The summed E-state index contributed by atoms with van der Waals surface area (Å²) in [7, 11) is -3.56. The summed E-state index contributed by atoms with van der Waals surface area (Å²) in [5.41, 5.74) is 10.7. The number of allylic oxidation sites excluding steroid dienone is 4. The molecule has 2 heterocycles. The highest BCUT2D eigenvalue weighted by Gasteiger charge is 2.23. The first-order valence-corrected chi connectivity index (χ1v) is 13.9. The molecule has 0 amide bonds. The summed E-state index contributed by atoms with van der Waals surface area (Å²) >= 11 is 5.22. The second-order valence-corrected chi connectivity index (χ2v) is 11.0. The average Bonchev–Trinajstić information content (AvgIpc) is 3.17. The molecule has 3 N–H and O–H groups in total. The Kier molecular flexibility index (Phi) is 7.61. The largest absolute Gasteiger partial charge is 0.382 e. The molecular formula is C24H33N5O2S2. The van der Waals surface area contributed by atoms with Gasteiger partial charge in [0.1, 0.15) is 11.3 Å². The molecule has 0 saturated carbocycles. The summed E-state index contributed by atoms with van der Waals surface area (Å²) in [6.45, 7) is 3.35. The van der Waals surface area contributed by atoms with Crippen molar-refractivity contribution in [2.24, 2.45) is 0 Å². The van der Waals surface area contributed by atoms with Gasteiger partial charge in [0.2, 0.25) is 10.0 Å². The first-order valence-electron chi connectivity index (χ1n) is 12.0. The fourth-order valence-corrected chi connectivity index (χ4v) is 6.36.